The van der Waals surface area contributed by atoms with E-state index in [1.165, 1.54) is 0 Å². The Morgan fingerprint density at radius 2 is 1.70 bits per heavy atom. The summed E-state index contributed by atoms with van der Waals surface area (Å²) in [5, 5.41) is 11.7. The van der Waals surface area contributed by atoms with Crippen LogP contribution in [0.3, 0.4) is 0 Å². The summed E-state index contributed by atoms with van der Waals surface area (Å²) in [6.45, 7) is 8.75. The maximum atomic E-state index is 11.9. The third kappa shape index (κ3) is 5.69. The van der Waals surface area contributed by atoms with Gasteiger partial charge in [-0.2, -0.15) is 0 Å². The van der Waals surface area contributed by atoms with E-state index >= 15 is 0 Å². The molecule has 0 rings (SSSR count). The first-order valence-corrected chi connectivity index (χ1v) is 6.76. The van der Waals surface area contributed by atoms with E-state index in [4.69, 9.17) is 5.73 Å². The molecule has 0 aromatic heterocycles. The number of Topliss-reactive ketones (excluding diaryl/α,β-unsaturated/α-hetero) is 1. The summed E-state index contributed by atoms with van der Waals surface area (Å²) in [6.07, 6.45) is -0.166. The lowest BCUT2D eigenvalue weighted by molar-refractivity contribution is -0.148. The molecule has 0 aliphatic heterocycles. The van der Waals surface area contributed by atoms with Gasteiger partial charge in [-0.1, -0.05) is 34.6 Å². The van der Waals surface area contributed by atoms with Crippen molar-refractivity contribution in [3.05, 3.63) is 0 Å². The van der Waals surface area contributed by atoms with Gasteiger partial charge in [-0.25, -0.2) is 0 Å². The monoisotopic (exact) mass is 286 g/mol. The minimum atomic E-state index is -1.02. The number of carboxylic acids is 1. The number of rotatable bonds is 7. The van der Waals surface area contributed by atoms with Crippen LogP contribution in [-0.4, -0.2) is 35.4 Å². The van der Waals surface area contributed by atoms with Crippen LogP contribution in [0.1, 0.15) is 41.0 Å². The Morgan fingerprint density at radius 1 is 1.20 bits per heavy atom. The molecule has 6 nitrogen and oxygen atoms in total. The summed E-state index contributed by atoms with van der Waals surface area (Å²) in [5.41, 5.74) is 4.95. The van der Waals surface area contributed by atoms with Gasteiger partial charge in [0.1, 0.15) is 0 Å². The molecule has 1 unspecified atom stereocenters. The van der Waals surface area contributed by atoms with Crippen molar-refractivity contribution in [3.63, 3.8) is 0 Å². The largest absolute Gasteiger partial charge is 0.481 e. The first kappa shape index (κ1) is 18.6. The maximum absolute atomic E-state index is 11.9. The first-order chi connectivity index (χ1) is 9.00. The molecule has 20 heavy (non-hydrogen) atoms. The third-order valence-corrected chi connectivity index (χ3v) is 3.22. The molecular weight excluding hydrogens is 260 g/mol. The number of ketones is 1. The minimum Gasteiger partial charge on any atom is -0.481 e. The molecular formula is C14H26N2O4. The molecule has 0 saturated carbocycles. The fraction of sp³-hybridized carbons (Fsp3) is 0.786. The molecule has 0 aliphatic rings. The molecule has 6 heteroatoms. The Morgan fingerprint density at radius 3 is 2.00 bits per heavy atom. The van der Waals surface area contributed by atoms with Gasteiger partial charge in [0.05, 0.1) is 12.0 Å². The van der Waals surface area contributed by atoms with E-state index in [-0.39, 0.29) is 24.7 Å². The summed E-state index contributed by atoms with van der Waals surface area (Å²) in [6, 6.07) is -0.753. The average Bonchev–Trinajstić information content (AvgIpc) is 2.30. The van der Waals surface area contributed by atoms with Crippen molar-refractivity contribution < 1.29 is 19.5 Å². The van der Waals surface area contributed by atoms with E-state index in [9.17, 15) is 19.5 Å². The molecule has 2 atom stereocenters. The highest BCUT2D eigenvalue weighted by atomic mass is 16.4. The third-order valence-electron chi connectivity index (χ3n) is 3.22. The maximum Gasteiger partial charge on any atom is 0.307 e. The minimum absolute atomic E-state index is 0.00993. The van der Waals surface area contributed by atoms with Gasteiger partial charge in [0.15, 0.2) is 5.78 Å². The predicted octanol–water partition coefficient (Wildman–Crippen LogP) is 0.792. The van der Waals surface area contributed by atoms with Gasteiger partial charge in [0.2, 0.25) is 5.91 Å². The zero-order chi connectivity index (χ0) is 16.1. The van der Waals surface area contributed by atoms with E-state index in [1.54, 1.807) is 34.6 Å². The SMILES string of the molecule is CC(C)C(=O)[C@@H](CN)NC(=O)CC(C(=O)O)C(C)(C)C. The van der Waals surface area contributed by atoms with E-state index < -0.39 is 29.3 Å². The smallest absolute Gasteiger partial charge is 0.307 e. The van der Waals surface area contributed by atoms with Gasteiger partial charge in [0, 0.05) is 18.9 Å². The number of carbonyl (C=O) groups is 3. The van der Waals surface area contributed by atoms with E-state index in [1.807, 2.05) is 0 Å². The molecule has 0 aromatic rings. The van der Waals surface area contributed by atoms with Crippen molar-refractivity contribution in [3.8, 4) is 0 Å². The van der Waals surface area contributed by atoms with Gasteiger partial charge in [-0.3, -0.25) is 14.4 Å². The second-order valence-corrected chi connectivity index (χ2v) is 6.37. The van der Waals surface area contributed by atoms with Crippen molar-refractivity contribution in [2.75, 3.05) is 6.54 Å². The Kier molecular flexibility index (Phi) is 6.85. The first-order valence-electron chi connectivity index (χ1n) is 6.76. The van der Waals surface area contributed by atoms with Crippen molar-refractivity contribution in [1.82, 2.24) is 5.32 Å². The standard InChI is InChI=1S/C14H26N2O4/c1-8(2)12(18)10(7-15)16-11(17)6-9(13(19)20)14(3,4)5/h8-10H,6-7,15H2,1-5H3,(H,16,17)(H,19,20)/t9?,10-/m1/s1. The number of hydrogen-bond donors (Lipinski definition) is 3. The number of aliphatic carboxylic acids is 1. The van der Waals surface area contributed by atoms with Crippen molar-refractivity contribution in [2.45, 2.75) is 47.1 Å². The van der Waals surface area contributed by atoms with Crippen molar-refractivity contribution in [2.24, 2.45) is 23.0 Å². The van der Waals surface area contributed by atoms with Gasteiger partial charge >= 0.3 is 5.97 Å². The molecule has 0 saturated heterocycles. The quantitative estimate of drug-likeness (QED) is 0.641. The number of carbonyl (C=O) groups excluding carboxylic acids is 2. The molecule has 4 N–H and O–H groups in total. The van der Waals surface area contributed by atoms with Crippen LogP contribution in [-0.2, 0) is 14.4 Å². The molecule has 0 aliphatic carbocycles. The van der Waals surface area contributed by atoms with Crippen LogP contribution >= 0.6 is 0 Å². The summed E-state index contributed by atoms with van der Waals surface area (Å²) >= 11 is 0. The highest BCUT2D eigenvalue weighted by Gasteiger charge is 2.34. The number of amides is 1. The summed E-state index contributed by atoms with van der Waals surface area (Å²) in [4.78, 5) is 34.9. The normalized spacial score (nSPS) is 14.8. The van der Waals surface area contributed by atoms with Crippen LogP contribution in [0.5, 0.6) is 0 Å². The highest BCUT2D eigenvalue weighted by Crippen LogP contribution is 2.28. The lowest BCUT2D eigenvalue weighted by atomic mass is 9.78. The summed E-state index contributed by atoms with van der Waals surface area (Å²) in [7, 11) is 0. The van der Waals surface area contributed by atoms with Gasteiger partial charge < -0.3 is 16.2 Å². The molecule has 1 amide bonds. The summed E-state index contributed by atoms with van der Waals surface area (Å²) < 4.78 is 0. The van der Waals surface area contributed by atoms with E-state index in [0.29, 0.717) is 0 Å². The van der Waals surface area contributed by atoms with Crippen LogP contribution in [0, 0.1) is 17.3 Å². The van der Waals surface area contributed by atoms with Gasteiger partial charge in [0.25, 0.3) is 0 Å². The van der Waals surface area contributed by atoms with Crippen LogP contribution < -0.4 is 11.1 Å². The van der Waals surface area contributed by atoms with Crippen LogP contribution in [0.4, 0.5) is 0 Å². The van der Waals surface area contributed by atoms with Crippen molar-refractivity contribution >= 4 is 17.7 Å². The van der Waals surface area contributed by atoms with E-state index in [0.717, 1.165) is 0 Å². The number of hydrogen-bond acceptors (Lipinski definition) is 4. The zero-order valence-corrected chi connectivity index (χ0v) is 12.9. The number of nitrogens with two attached hydrogens (primary N) is 1. The Bertz CT molecular complexity index is 372. The van der Waals surface area contributed by atoms with Gasteiger partial charge in [-0.05, 0) is 5.41 Å². The second kappa shape index (κ2) is 7.38. The Balaban J connectivity index is 4.76. The summed E-state index contributed by atoms with van der Waals surface area (Å²) in [5.74, 6) is -2.68. The number of carboxylic acid groups (broad SMARTS) is 1. The second-order valence-electron chi connectivity index (χ2n) is 6.37. The molecule has 0 bridgehead atoms. The van der Waals surface area contributed by atoms with Crippen molar-refractivity contribution in [1.29, 1.82) is 0 Å². The molecule has 0 fully saturated rings. The molecule has 0 radical (unpaired) electrons. The molecule has 0 heterocycles. The highest BCUT2D eigenvalue weighted by molar-refractivity contribution is 5.91. The Hall–Kier alpha value is -1.43. The fourth-order valence-corrected chi connectivity index (χ4v) is 1.85. The van der Waals surface area contributed by atoms with E-state index in [2.05, 4.69) is 5.32 Å². The fourth-order valence-electron chi connectivity index (χ4n) is 1.85. The zero-order valence-electron chi connectivity index (χ0n) is 12.9. The molecule has 0 aromatic carbocycles. The molecule has 116 valence electrons. The van der Waals surface area contributed by atoms with Gasteiger partial charge in [-0.15, -0.1) is 0 Å². The number of nitrogens with one attached hydrogen (secondary N) is 1. The molecule has 0 spiro atoms. The van der Waals surface area contributed by atoms with Crippen LogP contribution in [0.25, 0.3) is 0 Å². The van der Waals surface area contributed by atoms with Crippen LogP contribution in [0.15, 0.2) is 0 Å². The average molecular weight is 286 g/mol. The Labute approximate surface area is 120 Å². The topological polar surface area (TPSA) is 109 Å². The lowest BCUT2D eigenvalue weighted by Gasteiger charge is -2.27. The van der Waals surface area contributed by atoms with Crippen LogP contribution in [0.2, 0.25) is 0 Å². The lowest BCUT2D eigenvalue weighted by Crippen LogP contribution is -2.48. The predicted molar refractivity (Wildman–Crippen MR) is 76.0 cm³/mol.